The highest BCUT2D eigenvalue weighted by Gasteiger charge is 2.62. The van der Waals surface area contributed by atoms with Crippen molar-refractivity contribution in [2.24, 2.45) is 23.5 Å². The van der Waals surface area contributed by atoms with Crippen LogP contribution in [-0.4, -0.2) is 78.7 Å². The molecular formula is C34H45ClFN5O7S. The molecule has 3 fully saturated rings. The van der Waals surface area contributed by atoms with Crippen molar-refractivity contribution in [1.82, 2.24) is 19.9 Å². The number of hydrogen-bond donors (Lipinski definition) is 3. The van der Waals surface area contributed by atoms with Crippen LogP contribution in [0.3, 0.4) is 0 Å². The number of sulfonamides is 1. The molecule has 3 heterocycles. The summed E-state index contributed by atoms with van der Waals surface area (Å²) in [4.78, 5) is 47.6. The minimum atomic E-state index is -3.87. The SMILES string of the molecule is CC[C@@H]1C[C@H](C)CC/C=C\[C@@H]2C[C@@]2(C(=O)NS(=O)(=O)C2CC2)NC(=O)[C@@H]2C[C@@H](Oc3ncc(OC)c4ccc(F)cc34)CN2C(=O)[C@H]1N.Cl. The van der Waals surface area contributed by atoms with E-state index in [-0.39, 0.29) is 49.5 Å². The fraction of sp³-hybridized carbons (Fsp3) is 0.588. The number of nitrogens with one attached hydrogen (secondary N) is 2. The number of methoxy groups -OCH3 is 1. The van der Waals surface area contributed by atoms with Crippen LogP contribution >= 0.6 is 12.4 Å². The first kappa shape index (κ1) is 36.8. The van der Waals surface area contributed by atoms with Crippen molar-refractivity contribution in [2.45, 2.75) is 94.2 Å². The third-order valence-electron chi connectivity index (χ3n) is 10.3. The number of carbonyl (C=O) groups is 3. The summed E-state index contributed by atoms with van der Waals surface area (Å²) >= 11 is 0. The highest BCUT2D eigenvalue weighted by atomic mass is 35.5. The lowest BCUT2D eigenvalue weighted by Gasteiger charge is -2.31. The first-order valence-corrected chi connectivity index (χ1v) is 18.3. The van der Waals surface area contributed by atoms with Crippen molar-refractivity contribution >= 4 is 50.9 Å². The van der Waals surface area contributed by atoms with Gasteiger partial charge >= 0.3 is 0 Å². The number of allylic oxidation sites excluding steroid dienone is 1. The topological polar surface area (TPSA) is 170 Å². The van der Waals surface area contributed by atoms with Crippen LogP contribution in [0.5, 0.6) is 11.6 Å². The maximum Gasteiger partial charge on any atom is 0.259 e. The van der Waals surface area contributed by atoms with Gasteiger partial charge in [-0.1, -0.05) is 32.4 Å². The number of halogens is 2. The second kappa shape index (κ2) is 14.4. The van der Waals surface area contributed by atoms with Crippen molar-refractivity contribution in [2.75, 3.05) is 13.7 Å². The zero-order chi connectivity index (χ0) is 34.4. The average Bonchev–Trinajstić information content (AvgIpc) is 3.98. The molecule has 7 atom stereocenters. The molecule has 2 aliphatic heterocycles. The number of amides is 3. The number of nitrogens with zero attached hydrogens (tertiary/aromatic N) is 2. The van der Waals surface area contributed by atoms with E-state index in [4.69, 9.17) is 15.2 Å². The number of ether oxygens (including phenoxy) is 2. The molecule has 0 bridgehead atoms. The summed E-state index contributed by atoms with van der Waals surface area (Å²) in [5.74, 6) is -2.02. The van der Waals surface area contributed by atoms with Gasteiger partial charge in [0.05, 0.1) is 36.5 Å². The van der Waals surface area contributed by atoms with E-state index in [0.29, 0.717) is 35.8 Å². The van der Waals surface area contributed by atoms with Crippen LogP contribution in [0.2, 0.25) is 0 Å². The second-order valence-corrected chi connectivity index (χ2v) is 15.8. The molecule has 6 rings (SSSR count). The largest absolute Gasteiger partial charge is 0.494 e. The van der Waals surface area contributed by atoms with Crippen LogP contribution in [0.15, 0.2) is 36.5 Å². The molecule has 1 aromatic carbocycles. The monoisotopic (exact) mass is 721 g/mol. The summed E-state index contributed by atoms with van der Waals surface area (Å²) in [6, 6.07) is 2.21. The van der Waals surface area contributed by atoms with Crippen LogP contribution in [0.1, 0.15) is 65.2 Å². The number of aromatic nitrogens is 1. The maximum atomic E-state index is 14.3. The van der Waals surface area contributed by atoms with Crippen molar-refractivity contribution < 1.29 is 36.7 Å². The molecule has 0 unspecified atom stereocenters. The molecule has 1 aromatic heterocycles. The second-order valence-electron chi connectivity index (χ2n) is 13.8. The lowest BCUT2D eigenvalue weighted by atomic mass is 9.85. The minimum Gasteiger partial charge on any atom is -0.494 e. The zero-order valence-corrected chi connectivity index (χ0v) is 29.5. The van der Waals surface area contributed by atoms with Gasteiger partial charge in [0, 0.05) is 17.7 Å². The molecule has 1 saturated heterocycles. The standard InChI is InChI=1S/C34H44FN5O7S.ClH/c1-4-20-13-19(2)7-5-6-8-21-16-34(21,33(43)39-48(44,45)24-10-11-24)38-30(41)27-15-23(18-40(27)32(42)29(20)36)47-31-26-14-22(35)9-12-25(26)28(46-3)17-37-31;/h6,8-9,12,14,17,19-21,23-24,27,29H,4-5,7,10-11,13,15-16,18,36H2,1-3H3,(H,38,41)(H,39,43);1H/b8-6-;/t19-,20-,21-,23-,27+,29+,34-;/m1./s1. The fourth-order valence-electron chi connectivity index (χ4n) is 7.16. The predicted octanol–water partition coefficient (Wildman–Crippen LogP) is 3.37. The number of nitrogens with two attached hydrogens (primary N) is 1. The van der Waals surface area contributed by atoms with Crippen molar-refractivity contribution in [1.29, 1.82) is 0 Å². The normalized spacial score (nSPS) is 31.2. The van der Waals surface area contributed by atoms with Crippen LogP contribution in [0.4, 0.5) is 4.39 Å². The van der Waals surface area contributed by atoms with Gasteiger partial charge in [0.1, 0.15) is 29.3 Å². The molecule has 15 heteroatoms. The van der Waals surface area contributed by atoms with E-state index in [1.165, 1.54) is 30.3 Å². The van der Waals surface area contributed by atoms with Crippen LogP contribution < -0.4 is 25.2 Å². The summed E-state index contributed by atoms with van der Waals surface area (Å²) in [6.45, 7) is 4.11. The van der Waals surface area contributed by atoms with Crippen LogP contribution in [0.25, 0.3) is 10.8 Å². The first-order valence-electron chi connectivity index (χ1n) is 16.8. The van der Waals surface area contributed by atoms with Crippen molar-refractivity contribution in [3.8, 4) is 11.6 Å². The van der Waals surface area contributed by atoms with Gasteiger partial charge in [0.2, 0.25) is 27.7 Å². The Morgan fingerprint density at radius 3 is 2.65 bits per heavy atom. The summed E-state index contributed by atoms with van der Waals surface area (Å²) in [5, 5.41) is 3.19. The van der Waals surface area contributed by atoms with E-state index in [9.17, 15) is 27.2 Å². The number of hydrogen-bond acceptors (Lipinski definition) is 9. The van der Waals surface area contributed by atoms with Gasteiger partial charge in [-0.25, -0.2) is 17.8 Å². The van der Waals surface area contributed by atoms with Gasteiger partial charge in [-0.05, 0) is 68.6 Å². The Bertz CT molecular complexity index is 1740. The van der Waals surface area contributed by atoms with Gasteiger partial charge in [0.15, 0.2) is 0 Å². The molecule has 4 N–H and O–H groups in total. The maximum absolute atomic E-state index is 14.3. The van der Waals surface area contributed by atoms with Crippen LogP contribution in [0, 0.1) is 23.6 Å². The molecule has 12 nitrogen and oxygen atoms in total. The molecule has 4 aliphatic rings. The molecule has 3 amide bonds. The van der Waals surface area contributed by atoms with Crippen LogP contribution in [-0.2, 0) is 24.4 Å². The number of benzene rings is 1. The van der Waals surface area contributed by atoms with Gasteiger partial charge in [-0.15, -0.1) is 12.4 Å². The average molecular weight is 722 g/mol. The van der Waals surface area contributed by atoms with Gasteiger partial charge in [0.25, 0.3) is 5.91 Å². The minimum absolute atomic E-state index is 0. The van der Waals surface area contributed by atoms with E-state index in [2.05, 4.69) is 21.9 Å². The Labute approximate surface area is 292 Å². The van der Waals surface area contributed by atoms with Gasteiger partial charge < -0.3 is 25.4 Å². The zero-order valence-electron chi connectivity index (χ0n) is 27.9. The lowest BCUT2D eigenvalue weighted by Crippen LogP contribution is -2.58. The van der Waals surface area contributed by atoms with E-state index < -0.39 is 68.5 Å². The van der Waals surface area contributed by atoms with Crippen molar-refractivity contribution in [3.05, 3.63) is 42.4 Å². The molecular weight excluding hydrogens is 677 g/mol. The smallest absolute Gasteiger partial charge is 0.259 e. The number of rotatable bonds is 7. The molecule has 2 aromatic rings. The molecule has 268 valence electrons. The fourth-order valence-corrected chi connectivity index (χ4v) is 8.52. The van der Waals surface area contributed by atoms with E-state index in [1.54, 1.807) is 6.07 Å². The van der Waals surface area contributed by atoms with E-state index in [1.807, 2.05) is 19.1 Å². The molecule has 0 spiro atoms. The molecule has 2 saturated carbocycles. The summed E-state index contributed by atoms with van der Waals surface area (Å²) in [6.07, 6.45) is 8.79. The first-order chi connectivity index (χ1) is 22.9. The quantitative estimate of drug-likeness (QED) is 0.363. The predicted molar refractivity (Wildman–Crippen MR) is 183 cm³/mol. The highest BCUT2D eigenvalue weighted by molar-refractivity contribution is 7.91. The summed E-state index contributed by atoms with van der Waals surface area (Å²) in [5.41, 5.74) is 5.16. The van der Waals surface area contributed by atoms with Gasteiger partial charge in [-0.3, -0.25) is 19.1 Å². The Morgan fingerprint density at radius 1 is 1.20 bits per heavy atom. The molecule has 0 radical (unpaired) electrons. The summed E-state index contributed by atoms with van der Waals surface area (Å²) in [7, 11) is -2.39. The van der Waals surface area contributed by atoms with E-state index in [0.717, 1.165) is 19.3 Å². The third kappa shape index (κ3) is 7.51. The lowest BCUT2D eigenvalue weighted by molar-refractivity contribution is -0.141. The Balaban J connectivity index is 0.00000468. The number of carbonyl (C=O) groups excluding carboxylic acids is 3. The van der Waals surface area contributed by atoms with Gasteiger partial charge in [-0.2, -0.15) is 0 Å². The Morgan fingerprint density at radius 2 is 1.96 bits per heavy atom. The Kier molecular flexibility index (Phi) is 10.8. The number of pyridine rings is 1. The highest BCUT2D eigenvalue weighted by Crippen LogP contribution is 2.46. The van der Waals surface area contributed by atoms with Crippen molar-refractivity contribution in [3.63, 3.8) is 0 Å². The summed E-state index contributed by atoms with van der Waals surface area (Å²) < 4.78 is 53.7. The number of fused-ring (bicyclic) bond motifs is 3. The molecule has 49 heavy (non-hydrogen) atoms. The Hall–Kier alpha value is -3.49. The third-order valence-corrected chi connectivity index (χ3v) is 12.1. The van der Waals surface area contributed by atoms with E-state index >= 15 is 0 Å². The molecule has 2 aliphatic carbocycles.